The first-order valence-corrected chi connectivity index (χ1v) is 10.4. The van der Waals surface area contributed by atoms with Crippen molar-refractivity contribution in [1.29, 1.82) is 5.26 Å². The van der Waals surface area contributed by atoms with Crippen molar-refractivity contribution in [3.8, 4) is 11.8 Å². The highest BCUT2D eigenvalue weighted by molar-refractivity contribution is 7.16. The van der Waals surface area contributed by atoms with Crippen molar-refractivity contribution < 1.29 is 9.53 Å². The molecule has 1 atom stereocenters. The third kappa shape index (κ3) is 4.82. The number of fused-ring (bicyclic) bond motifs is 1. The molecule has 27 heavy (non-hydrogen) atoms. The first-order chi connectivity index (χ1) is 13.0. The van der Waals surface area contributed by atoms with Crippen LogP contribution in [0.3, 0.4) is 0 Å². The molecule has 1 aliphatic carbocycles. The van der Waals surface area contributed by atoms with E-state index in [1.807, 2.05) is 19.1 Å². The number of halogens is 1. The summed E-state index contributed by atoms with van der Waals surface area (Å²) in [5.41, 5.74) is 2.77. The molecular weight excluding hydrogens is 380 g/mol. The second-order valence-corrected chi connectivity index (χ2v) is 8.62. The molecule has 0 aliphatic heterocycles. The summed E-state index contributed by atoms with van der Waals surface area (Å²) in [6.45, 7) is 4.63. The molecule has 0 bridgehead atoms. The van der Waals surface area contributed by atoms with Crippen LogP contribution in [0.25, 0.3) is 0 Å². The molecule has 3 rings (SSSR count). The maximum Gasteiger partial charge on any atom is 0.225 e. The van der Waals surface area contributed by atoms with Crippen LogP contribution < -0.4 is 10.1 Å². The van der Waals surface area contributed by atoms with Crippen molar-refractivity contribution in [2.24, 2.45) is 5.92 Å². The Kier molecular flexibility index (Phi) is 6.41. The molecule has 0 saturated carbocycles. The van der Waals surface area contributed by atoms with E-state index in [1.165, 1.54) is 4.88 Å². The van der Waals surface area contributed by atoms with Gasteiger partial charge < -0.3 is 10.1 Å². The topological polar surface area (TPSA) is 62.1 Å². The second-order valence-electron chi connectivity index (χ2n) is 7.08. The molecule has 142 valence electrons. The second kappa shape index (κ2) is 8.77. The first kappa shape index (κ1) is 19.7. The highest BCUT2D eigenvalue weighted by atomic mass is 35.5. The number of benzene rings is 1. The lowest BCUT2D eigenvalue weighted by molar-refractivity contribution is -0.116. The largest absolute Gasteiger partial charge is 0.493 e. The number of anilines is 1. The molecule has 4 nitrogen and oxygen atoms in total. The Morgan fingerprint density at radius 1 is 1.48 bits per heavy atom. The summed E-state index contributed by atoms with van der Waals surface area (Å²) in [5.74, 6) is 1.35. The molecule has 0 saturated heterocycles. The molecule has 1 aromatic carbocycles. The smallest absolute Gasteiger partial charge is 0.225 e. The normalized spacial score (nSPS) is 15.7. The molecule has 1 aliphatic rings. The highest BCUT2D eigenvalue weighted by Gasteiger charge is 2.24. The van der Waals surface area contributed by atoms with Crippen LogP contribution in [-0.4, -0.2) is 12.5 Å². The van der Waals surface area contributed by atoms with Crippen LogP contribution in [0.4, 0.5) is 5.00 Å². The van der Waals surface area contributed by atoms with Crippen molar-refractivity contribution in [3.63, 3.8) is 0 Å². The molecule has 6 heteroatoms. The zero-order valence-corrected chi connectivity index (χ0v) is 17.2. The van der Waals surface area contributed by atoms with Gasteiger partial charge >= 0.3 is 0 Å². The third-order valence-electron chi connectivity index (χ3n) is 4.82. The molecule has 0 spiro atoms. The van der Waals surface area contributed by atoms with Crippen LogP contribution in [0.1, 0.15) is 47.8 Å². The molecule has 1 aromatic heterocycles. The monoisotopic (exact) mass is 402 g/mol. The van der Waals surface area contributed by atoms with Gasteiger partial charge in [0.05, 0.1) is 12.2 Å². The number of carbonyl (C=O) groups excluding carboxylic acids is 1. The first-order valence-electron chi connectivity index (χ1n) is 9.21. The Morgan fingerprint density at radius 3 is 3.04 bits per heavy atom. The van der Waals surface area contributed by atoms with Gasteiger partial charge in [-0.05, 0) is 67.9 Å². The van der Waals surface area contributed by atoms with Crippen molar-refractivity contribution in [2.75, 3.05) is 11.9 Å². The lowest BCUT2D eigenvalue weighted by Crippen LogP contribution is -2.13. The molecule has 1 heterocycles. The van der Waals surface area contributed by atoms with E-state index in [1.54, 1.807) is 17.4 Å². The van der Waals surface area contributed by atoms with Gasteiger partial charge in [0.2, 0.25) is 5.91 Å². The number of nitrogens with zero attached hydrogens (tertiary/aromatic N) is 1. The zero-order chi connectivity index (χ0) is 19.4. The average Bonchev–Trinajstić information content (AvgIpc) is 2.96. The summed E-state index contributed by atoms with van der Waals surface area (Å²) >= 11 is 7.50. The highest BCUT2D eigenvalue weighted by Crippen LogP contribution is 2.39. The number of nitrogens with one attached hydrogen (secondary N) is 1. The van der Waals surface area contributed by atoms with Gasteiger partial charge in [0.25, 0.3) is 0 Å². The van der Waals surface area contributed by atoms with Gasteiger partial charge in [-0.2, -0.15) is 5.26 Å². The van der Waals surface area contributed by atoms with Gasteiger partial charge in [-0.1, -0.05) is 18.5 Å². The lowest BCUT2D eigenvalue weighted by Gasteiger charge is -2.17. The van der Waals surface area contributed by atoms with Crippen molar-refractivity contribution >= 4 is 33.8 Å². The summed E-state index contributed by atoms with van der Waals surface area (Å²) in [7, 11) is 0. The summed E-state index contributed by atoms with van der Waals surface area (Å²) in [6.07, 6.45) is 4.00. The third-order valence-corrected chi connectivity index (χ3v) is 6.22. The van der Waals surface area contributed by atoms with Crippen LogP contribution >= 0.6 is 22.9 Å². The number of ether oxygens (including phenoxy) is 1. The number of rotatable bonds is 6. The molecule has 1 N–H and O–H groups in total. The number of amides is 1. The predicted octanol–water partition coefficient (Wildman–Crippen LogP) is 5.50. The Hall–Kier alpha value is -2.03. The molecule has 1 unspecified atom stereocenters. The Balaban J connectivity index is 1.52. The Bertz CT molecular complexity index is 885. The zero-order valence-electron chi connectivity index (χ0n) is 15.6. The van der Waals surface area contributed by atoms with Crippen LogP contribution in [0.5, 0.6) is 5.75 Å². The fourth-order valence-electron chi connectivity index (χ4n) is 3.34. The number of aryl methyl sites for hydroxylation is 1. The standard InChI is InChI=1S/C21H23ClN2O2S/c1-13-5-7-16-17(12-23)21(27-19(16)10-13)24-20(25)4-3-9-26-18-8-6-15(22)11-14(18)2/h6,8,11,13H,3-5,7,9-10H2,1-2H3,(H,24,25). The molecule has 0 fully saturated rings. The number of hydrogen-bond donors (Lipinski definition) is 1. The number of hydrogen-bond acceptors (Lipinski definition) is 4. The molecule has 2 aromatic rings. The minimum absolute atomic E-state index is 0.0745. The van der Waals surface area contributed by atoms with Gasteiger partial charge in [0.15, 0.2) is 0 Å². The van der Waals surface area contributed by atoms with E-state index >= 15 is 0 Å². The van der Waals surface area contributed by atoms with Crippen LogP contribution in [-0.2, 0) is 17.6 Å². The van der Waals surface area contributed by atoms with Gasteiger partial charge in [0, 0.05) is 16.3 Å². The summed E-state index contributed by atoms with van der Waals surface area (Å²) in [6, 6.07) is 7.77. The lowest BCUT2D eigenvalue weighted by atomic mass is 9.89. The maximum atomic E-state index is 12.3. The number of carbonyl (C=O) groups is 1. The van der Waals surface area contributed by atoms with Crippen LogP contribution in [0.2, 0.25) is 5.02 Å². The fraction of sp³-hybridized carbons (Fsp3) is 0.429. The van der Waals surface area contributed by atoms with Crippen molar-refractivity contribution in [1.82, 2.24) is 0 Å². The number of nitriles is 1. The minimum atomic E-state index is -0.0745. The summed E-state index contributed by atoms with van der Waals surface area (Å²) in [5, 5.41) is 13.8. The molecule has 0 radical (unpaired) electrons. The SMILES string of the molecule is Cc1cc(Cl)ccc1OCCCC(=O)Nc1sc2c(c1C#N)CCC(C)C2. The van der Waals surface area contributed by atoms with E-state index in [0.29, 0.717) is 41.0 Å². The van der Waals surface area contributed by atoms with Crippen LogP contribution in [0.15, 0.2) is 18.2 Å². The Labute approximate surface area is 169 Å². The average molecular weight is 403 g/mol. The van der Waals surface area contributed by atoms with Gasteiger partial charge in [-0.15, -0.1) is 11.3 Å². The number of thiophene rings is 1. The van der Waals surface area contributed by atoms with E-state index in [2.05, 4.69) is 18.3 Å². The predicted molar refractivity (Wildman–Crippen MR) is 110 cm³/mol. The summed E-state index contributed by atoms with van der Waals surface area (Å²) < 4.78 is 5.73. The summed E-state index contributed by atoms with van der Waals surface area (Å²) in [4.78, 5) is 13.5. The van der Waals surface area contributed by atoms with Gasteiger partial charge in [-0.25, -0.2) is 0 Å². The Morgan fingerprint density at radius 2 is 2.30 bits per heavy atom. The van der Waals surface area contributed by atoms with E-state index in [9.17, 15) is 10.1 Å². The van der Waals surface area contributed by atoms with E-state index in [4.69, 9.17) is 16.3 Å². The van der Waals surface area contributed by atoms with Crippen molar-refractivity contribution in [3.05, 3.63) is 44.8 Å². The molecule has 1 amide bonds. The van der Waals surface area contributed by atoms with E-state index in [-0.39, 0.29) is 5.91 Å². The maximum absolute atomic E-state index is 12.3. The van der Waals surface area contributed by atoms with Gasteiger partial charge in [-0.3, -0.25) is 4.79 Å². The van der Waals surface area contributed by atoms with Gasteiger partial charge in [0.1, 0.15) is 16.8 Å². The molecular formula is C21H23ClN2O2S. The van der Waals surface area contributed by atoms with Crippen molar-refractivity contribution in [2.45, 2.75) is 46.0 Å². The van der Waals surface area contributed by atoms with E-state index < -0.39 is 0 Å². The van der Waals surface area contributed by atoms with Crippen LogP contribution in [0, 0.1) is 24.2 Å². The van der Waals surface area contributed by atoms with E-state index in [0.717, 1.165) is 36.1 Å². The quantitative estimate of drug-likeness (QED) is 0.648. The minimum Gasteiger partial charge on any atom is -0.493 e. The fourth-order valence-corrected chi connectivity index (χ4v) is 4.94.